The lowest BCUT2D eigenvalue weighted by Gasteiger charge is -2.19. The average Bonchev–Trinajstić information content (AvgIpc) is 2.25. The second-order valence-corrected chi connectivity index (χ2v) is 5.62. The summed E-state index contributed by atoms with van der Waals surface area (Å²) in [6.07, 6.45) is 0. The summed E-state index contributed by atoms with van der Waals surface area (Å²) in [5.41, 5.74) is 1.74. The van der Waals surface area contributed by atoms with E-state index in [0.29, 0.717) is 6.61 Å². The lowest BCUT2D eigenvalue weighted by Crippen LogP contribution is -2.18. The van der Waals surface area contributed by atoms with Crippen LogP contribution in [0.4, 0.5) is 0 Å². The second kappa shape index (κ2) is 5.46. The Morgan fingerprint density at radius 2 is 1.71 bits per heavy atom. The molecule has 1 aromatic carbocycles. The SMILES string of the molecule is CC(C)C(=O)c1ccc(COC(C)(C)C)cc1. The Morgan fingerprint density at radius 3 is 2.12 bits per heavy atom. The first-order valence-corrected chi connectivity index (χ1v) is 6.07. The van der Waals surface area contributed by atoms with Crippen LogP contribution in [0.5, 0.6) is 0 Å². The normalized spacial score (nSPS) is 11.9. The van der Waals surface area contributed by atoms with Crippen LogP contribution in [-0.2, 0) is 11.3 Å². The van der Waals surface area contributed by atoms with E-state index in [1.807, 2.05) is 58.9 Å². The molecule has 0 spiro atoms. The minimum absolute atomic E-state index is 0.0478. The van der Waals surface area contributed by atoms with Crippen molar-refractivity contribution in [2.24, 2.45) is 5.92 Å². The molecular weight excluding hydrogens is 212 g/mol. The zero-order chi connectivity index (χ0) is 13.1. The predicted octanol–water partition coefficient (Wildman–Crippen LogP) is 3.84. The van der Waals surface area contributed by atoms with Gasteiger partial charge in [-0.15, -0.1) is 0 Å². The number of rotatable bonds is 4. The maximum absolute atomic E-state index is 11.7. The fourth-order valence-electron chi connectivity index (χ4n) is 1.40. The number of ether oxygens (including phenoxy) is 1. The largest absolute Gasteiger partial charge is 0.371 e. The summed E-state index contributed by atoms with van der Waals surface area (Å²) in [5, 5.41) is 0. The molecule has 0 bridgehead atoms. The molecule has 0 heterocycles. The minimum Gasteiger partial charge on any atom is -0.371 e. The van der Waals surface area contributed by atoms with E-state index >= 15 is 0 Å². The summed E-state index contributed by atoms with van der Waals surface area (Å²) in [5.74, 6) is 0.236. The number of hydrogen-bond donors (Lipinski definition) is 0. The Morgan fingerprint density at radius 1 is 1.18 bits per heavy atom. The molecule has 0 radical (unpaired) electrons. The monoisotopic (exact) mass is 234 g/mol. The van der Waals surface area contributed by atoms with Gasteiger partial charge in [0.05, 0.1) is 12.2 Å². The zero-order valence-electron chi connectivity index (χ0n) is 11.4. The van der Waals surface area contributed by atoms with Crippen molar-refractivity contribution in [2.45, 2.75) is 46.8 Å². The molecule has 0 aliphatic heterocycles. The van der Waals surface area contributed by atoms with E-state index in [9.17, 15) is 4.79 Å². The van der Waals surface area contributed by atoms with Crippen LogP contribution in [0.2, 0.25) is 0 Å². The van der Waals surface area contributed by atoms with Crippen molar-refractivity contribution in [3.63, 3.8) is 0 Å². The summed E-state index contributed by atoms with van der Waals surface area (Å²) in [6.45, 7) is 10.5. The van der Waals surface area contributed by atoms with Gasteiger partial charge in [0.25, 0.3) is 0 Å². The fraction of sp³-hybridized carbons (Fsp3) is 0.533. The number of ketones is 1. The minimum atomic E-state index is -0.133. The van der Waals surface area contributed by atoms with Crippen LogP contribution < -0.4 is 0 Å². The van der Waals surface area contributed by atoms with Crippen LogP contribution >= 0.6 is 0 Å². The van der Waals surface area contributed by atoms with Crippen LogP contribution in [0.1, 0.15) is 50.5 Å². The van der Waals surface area contributed by atoms with Gasteiger partial charge in [0.2, 0.25) is 0 Å². The Hall–Kier alpha value is -1.15. The van der Waals surface area contributed by atoms with Gasteiger partial charge < -0.3 is 4.74 Å². The van der Waals surface area contributed by atoms with Crippen LogP contribution in [0.3, 0.4) is 0 Å². The third-order valence-electron chi connectivity index (χ3n) is 2.43. The Labute approximate surface area is 104 Å². The number of carbonyl (C=O) groups is 1. The molecule has 2 heteroatoms. The molecule has 0 aliphatic rings. The summed E-state index contributed by atoms with van der Waals surface area (Å²) in [7, 11) is 0. The molecule has 2 nitrogen and oxygen atoms in total. The molecule has 17 heavy (non-hydrogen) atoms. The first kappa shape index (κ1) is 13.9. The number of benzene rings is 1. The van der Waals surface area contributed by atoms with Crippen LogP contribution in [0.15, 0.2) is 24.3 Å². The van der Waals surface area contributed by atoms with Crippen molar-refractivity contribution < 1.29 is 9.53 Å². The van der Waals surface area contributed by atoms with Crippen molar-refractivity contribution >= 4 is 5.78 Å². The van der Waals surface area contributed by atoms with Crippen molar-refractivity contribution in [3.05, 3.63) is 35.4 Å². The molecule has 1 aromatic rings. The van der Waals surface area contributed by atoms with Gasteiger partial charge in [-0.05, 0) is 26.3 Å². The molecule has 0 fully saturated rings. The van der Waals surface area contributed by atoms with Gasteiger partial charge in [0.15, 0.2) is 5.78 Å². The third kappa shape index (κ3) is 4.70. The van der Waals surface area contributed by atoms with Gasteiger partial charge in [0.1, 0.15) is 0 Å². The Balaban J connectivity index is 2.66. The number of carbonyl (C=O) groups excluding carboxylic acids is 1. The topological polar surface area (TPSA) is 26.3 Å². The number of Topliss-reactive ketones (excluding diaryl/α,β-unsaturated/α-hetero) is 1. The van der Waals surface area contributed by atoms with Gasteiger partial charge in [-0.3, -0.25) is 4.79 Å². The van der Waals surface area contributed by atoms with Gasteiger partial charge >= 0.3 is 0 Å². The maximum Gasteiger partial charge on any atom is 0.165 e. The van der Waals surface area contributed by atoms with Gasteiger partial charge in [0, 0.05) is 11.5 Å². The standard InChI is InChI=1S/C15H22O2/c1-11(2)14(16)13-8-6-12(7-9-13)10-17-15(3,4)5/h6-9,11H,10H2,1-5H3. The van der Waals surface area contributed by atoms with Gasteiger partial charge in [-0.2, -0.15) is 0 Å². The van der Waals surface area contributed by atoms with E-state index < -0.39 is 0 Å². The maximum atomic E-state index is 11.7. The average molecular weight is 234 g/mol. The highest BCUT2D eigenvalue weighted by atomic mass is 16.5. The molecule has 0 aromatic heterocycles. The van der Waals surface area contributed by atoms with Crippen molar-refractivity contribution in [2.75, 3.05) is 0 Å². The highest BCUT2D eigenvalue weighted by Crippen LogP contribution is 2.14. The predicted molar refractivity (Wildman–Crippen MR) is 70.2 cm³/mol. The summed E-state index contributed by atoms with van der Waals surface area (Å²) in [4.78, 5) is 11.7. The molecule has 1 rings (SSSR count). The van der Waals surface area contributed by atoms with Crippen molar-refractivity contribution in [1.82, 2.24) is 0 Å². The number of hydrogen-bond acceptors (Lipinski definition) is 2. The van der Waals surface area contributed by atoms with E-state index in [2.05, 4.69) is 0 Å². The fourth-order valence-corrected chi connectivity index (χ4v) is 1.40. The molecule has 0 N–H and O–H groups in total. The van der Waals surface area contributed by atoms with Crippen LogP contribution in [0, 0.1) is 5.92 Å². The lowest BCUT2D eigenvalue weighted by atomic mass is 10.0. The van der Waals surface area contributed by atoms with E-state index in [4.69, 9.17) is 4.74 Å². The molecule has 0 saturated carbocycles. The molecule has 0 atom stereocenters. The first-order chi connectivity index (χ1) is 7.79. The van der Waals surface area contributed by atoms with Crippen molar-refractivity contribution in [3.8, 4) is 0 Å². The van der Waals surface area contributed by atoms with E-state index in [1.54, 1.807) is 0 Å². The summed E-state index contributed by atoms with van der Waals surface area (Å²) >= 11 is 0. The zero-order valence-corrected chi connectivity index (χ0v) is 11.4. The quantitative estimate of drug-likeness (QED) is 0.740. The smallest absolute Gasteiger partial charge is 0.165 e. The van der Waals surface area contributed by atoms with E-state index in [1.165, 1.54) is 0 Å². The highest BCUT2D eigenvalue weighted by Gasteiger charge is 2.12. The highest BCUT2D eigenvalue weighted by molar-refractivity contribution is 5.97. The van der Waals surface area contributed by atoms with Gasteiger partial charge in [-0.1, -0.05) is 38.1 Å². The van der Waals surface area contributed by atoms with Crippen LogP contribution in [-0.4, -0.2) is 11.4 Å². The van der Waals surface area contributed by atoms with Gasteiger partial charge in [-0.25, -0.2) is 0 Å². The Kier molecular flexibility index (Phi) is 4.47. The van der Waals surface area contributed by atoms with Crippen LogP contribution in [0.25, 0.3) is 0 Å². The molecule has 94 valence electrons. The molecule has 0 amide bonds. The Bertz CT molecular complexity index is 369. The van der Waals surface area contributed by atoms with E-state index in [0.717, 1.165) is 11.1 Å². The molecule has 0 aliphatic carbocycles. The second-order valence-electron chi connectivity index (χ2n) is 5.62. The van der Waals surface area contributed by atoms with Crippen molar-refractivity contribution in [1.29, 1.82) is 0 Å². The summed E-state index contributed by atoms with van der Waals surface area (Å²) in [6, 6.07) is 7.68. The van der Waals surface area contributed by atoms with E-state index in [-0.39, 0.29) is 17.3 Å². The molecule has 0 saturated heterocycles. The summed E-state index contributed by atoms with van der Waals surface area (Å²) < 4.78 is 5.68. The third-order valence-corrected chi connectivity index (χ3v) is 2.43. The molecule has 0 unspecified atom stereocenters. The first-order valence-electron chi connectivity index (χ1n) is 6.07. The lowest BCUT2D eigenvalue weighted by molar-refractivity contribution is -0.0149. The molecular formula is C15H22O2.